The Morgan fingerprint density at radius 2 is 0.552 bits per heavy atom. The monoisotopic (exact) mass is 1280 g/mol. The minimum Gasteiger partial charge on any atom is -0.462 e. The number of rotatable bonds is 65. The lowest BCUT2D eigenvalue weighted by molar-refractivity contribution is -0.161. The molecule has 0 amide bonds. The molecule has 0 saturated heterocycles. The summed E-state index contributed by atoms with van der Waals surface area (Å²) >= 11 is 0. The Kier molecular flexibility index (Phi) is 56.6. The molecule has 3 N–H and O–H groups in total. The number of aliphatic hydroxyl groups is 1. The van der Waals surface area contributed by atoms with E-state index in [0.29, 0.717) is 25.7 Å². The highest BCUT2D eigenvalue weighted by atomic mass is 31.2. The fourth-order valence-electron chi connectivity index (χ4n) is 10.1. The van der Waals surface area contributed by atoms with Crippen molar-refractivity contribution in [1.29, 1.82) is 0 Å². The predicted molar refractivity (Wildman–Crippen MR) is 349 cm³/mol. The Balaban J connectivity index is 5.27. The number of phosphoric acid groups is 2. The zero-order valence-electron chi connectivity index (χ0n) is 56.6. The summed E-state index contributed by atoms with van der Waals surface area (Å²) in [7, 11) is -9.90. The lowest BCUT2D eigenvalue weighted by atomic mass is 9.99. The van der Waals surface area contributed by atoms with Gasteiger partial charge in [0.05, 0.1) is 26.4 Å². The second kappa shape index (κ2) is 57.9. The van der Waals surface area contributed by atoms with Gasteiger partial charge in [-0.1, -0.05) is 280 Å². The van der Waals surface area contributed by atoms with Gasteiger partial charge in [-0.15, -0.1) is 0 Å². The molecule has 0 aliphatic heterocycles. The van der Waals surface area contributed by atoms with Crippen molar-refractivity contribution in [3.63, 3.8) is 0 Å². The smallest absolute Gasteiger partial charge is 0.462 e. The number of esters is 4. The third-order valence-corrected chi connectivity index (χ3v) is 17.8. The molecule has 0 bridgehead atoms. The van der Waals surface area contributed by atoms with Crippen LogP contribution in [0.25, 0.3) is 0 Å². The first-order valence-electron chi connectivity index (χ1n) is 35.2. The molecule has 0 saturated carbocycles. The van der Waals surface area contributed by atoms with Gasteiger partial charge in [-0.3, -0.25) is 37.3 Å². The van der Waals surface area contributed by atoms with Crippen LogP contribution in [0.2, 0.25) is 0 Å². The zero-order valence-corrected chi connectivity index (χ0v) is 58.4. The molecule has 0 aromatic heterocycles. The SMILES string of the molecule is CCC(C)CCCCCCCCCCC(=O)O[C@H](COC(=O)CCCCCCCCCCC(C)C)COP(=O)(O)OCC(O)COP(=O)(O)OC[C@@H](COC(=O)CCCCCCCCCCC(C)C)OC(=O)CCCCCCCCCCCCC(C)C. The van der Waals surface area contributed by atoms with Crippen LogP contribution in [0.1, 0.15) is 331 Å². The molecular weight excluding hydrogens is 1150 g/mol. The van der Waals surface area contributed by atoms with E-state index in [0.717, 1.165) is 114 Å². The van der Waals surface area contributed by atoms with E-state index in [2.05, 4.69) is 55.4 Å². The van der Waals surface area contributed by atoms with Crippen molar-refractivity contribution < 1.29 is 80.2 Å². The molecule has 17 nitrogen and oxygen atoms in total. The van der Waals surface area contributed by atoms with Crippen molar-refractivity contribution in [2.24, 2.45) is 23.7 Å². The summed E-state index contributed by atoms with van der Waals surface area (Å²) in [5.74, 6) is 0.840. The van der Waals surface area contributed by atoms with Gasteiger partial charge in [-0.2, -0.15) is 0 Å². The average molecular weight is 1280 g/mol. The van der Waals surface area contributed by atoms with Gasteiger partial charge in [0.1, 0.15) is 19.3 Å². The molecule has 0 heterocycles. The summed E-state index contributed by atoms with van der Waals surface area (Å²) in [4.78, 5) is 72.4. The van der Waals surface area contributed by atoms with Crippen LogP contribution in [0.15, 0.2) is 0 Å². The Morgan fingerprint density at radius 1 is 0.322 bits per heavy atom. The Bertz CT molecular complexity index is 1730. The minimum absolute atomic E-state index is 0.104. The zero-order chi connectivity index (χ0) is 64.7. The third kappa shape index (κ3) is 61.3. The number of carbonyl (C=O) groups is 4. The quantitative estimate of drug-likeness (QED) is 0.0222. The number of aliphatic hydroxyl groups excluding tert-OH is 1. The van der Waals surface area contributed by atoms with Gasteiger partial charge in [-0.05, 0) is 49.4 Å². The number of phosphoric ester groups is 2. The van der Waals surface area contributed by atoms with Crippen LogP contribution in [0, 0.1) is 23.7 Å². The molecular formula is C68H132O17P2. The summed E-state index contributed by atoms with van der Waals surface area (Å²) < 4.78 is 68.2. The molecule has 6 atom stereocenters. The van der Waals surface area contributed by atoms with Crippen molar-refractivity contribution in [2.45, 2.75) is 350 Å². The molecule has 0 aliphatic rings. The van der Waals surface area contributed by atoms with Crippen molar-refractivity contribution >= 4 is 39.5 Å². The van der Waals surface area contributed by atoms with Crippen molar-refractivity contribution in [3.8, 4) is 0 Å². The van der Waals surface area contributed by atoms with E-state index in [9.17, 15) is 43.2 Å². The van der Waals surface area contributed by atoms with Gasteiger partial charge in [0, 0.05) is 25.7 Å². The van der Waals surface area contributed by atoms with E-state index < -0.39 is 97.5 Å². The maximum atomic E-state index is 13.0. The minimum atomic E-state index is -4.95. The van der Waals surface area contributed by atoms with E-state index in [-0.39, 0.29) is 25.7 Å². The van der Waals surface area contributed by atoms with Crippen LogP contribution in [0.3, 0.4) is 0 Å². The molecule has 4 unspecified atom stereocenters. The molecule has 0 aromatic rings. The molecule has 516 valence electrons. The van der Waals surface area contributed by atoms with E-state index in [1.165, 1.54) is 135 Å². The molecule has 0 radical (unpaired) electrons. The molecule has 0 aromatic carbocycles. The summed E-state index contributed by atoms with van der Waals surface area (Å²) in [6, 6.07) is 0. The Morgan fingerprint density at radius 3 is 0.816 bits per heavy atom. The Hall–Kier alpha value is -1.94. The summed E-state index contributed by atoms with van der Waals surface area (Å²) in [6.45, 7) is 14.0. The maximum Gasteiger partial charge on any atom is 0.472 e. The molecule has 0 aliphatic carbocycles. The fraction of sp³-hybridized carbons (Fsp3) is 0.941. The number of hydrogen-bond donors (Lipinski definition) is 3. The van der Waals surface area contributed by atoms with Crippen LogP contribution in [0.5, 0.6) is 0 Å². The molecule has 19 heteroatoms. The molecule has 87 heavy (non-hydrogen) atoms. The molecule has 0 rings (SSSR count). The third-order valence-electron chi connectivity index (χ3n) is 15.9. The molecule has 0 spiro atoms. The lowest BCUT2D eigenvalue weighted by Crippen LogP contribution is -2.30. The summed E-state index contributed by atoms with van der Waals surface area (Å²) in [5, 5.41) is 10.6. The highest BCUT2D eigenvalue weighted by molar-refractivity contribution is 7.47. The van der Waals surface area contributed by atoms with Gasteiger partial charge >= 0.3 is 39.5 Å². The normalized spacial score (nSPS) is 14.6. The highest BCUT2D eigenvalue weighted by Crippen LogP contribution is 2.45. The van der Waals surface area contributed by atoms with E-state index >= 15 is 0 Å². The van der Waals surface area contributed by atoms with E-state index in [1.54, 1.807) is 0 Å². The number of ether oxygens (including phenoxy) is 4. The summed E-state index contributed by atoms with van der Waals surface area (Å²) in [6.07, 6.45) is 38.9. The van der Waals surface area contributed by atoms with E-state index in [1.807, 2.05) is 0 Å². The van der Waals surface area contributed by atoms with Gasteiger partial charge < -0.3 is 33.8 Å². The Labute approximate surface area is 530 Å². The van der Waals surface area contributed by atoms with Crippen LogP contribution in [-0.4, -0.2) is 96.7 Å². The first-order valence-corrected chi connectivity index (χ1v) is 38.2. The maximum absolute atomic E-state index is 13.0. The van der Waals surface area contributed by atoms with Crippen LogP contribution >= 0.6 is 15.6 Å². The number of carbonyl (C=O) groups excluding carboxylic acids is 4. The topological polar surface area (TPSA) is 237 Å². The van der Waals surface area contributed by atoms with Gasteiger partial charge in [0.25, 0.3) is 0 Å². The standard InChI is InChI=1S/C68H132O17P2/c1-9-61(8)47-39-31-23-16-19-27-35-43-51-68(73)85-64(55-79-66(71)49-41-33-25-18-15-22-30-38-46-60(6)7)57-83-87(76,77)81-53-62(69)52-80-86(74,75)82-56-63(54-78-65(70)48-40-32-24-17-14-21-29-37-45-59(4)5)84-67(72)50-42-34-26-13-11-10-12-20-28-36-44-58(2)3/h58-64,69H,9-57H2,1-8H3,(H,74,75)(H,76,77)/t61?,62?,63-,64-/m1/s1. The average Bonchev–Trinajstić information content (AvgIpc) is 3.64. The van der Waals surface area contributed by atoms with E-state index in [4.69, 9.17) is 37.0 Å². The van der Waals surface area contributed by atoms with Crippen molar-refractivity contribution in [2.75, 3.05) is 39.6 Å². The predicted octanol–water partition coefficient (Wildman–Crippen LogP) is 18.9. The fourth-order valence-corrected chi connectivity index (χ4v) is 11.7. The second-order valence-corrected chi connectivity index (χ2v) is 29.1. The second-order valence-electron chi connectivity index (χ2n) is 26.2. The highest BCUT2D eigenvalue weighted by Gasteiger charge is 2.30. The lowest BCUT2D eigenvalue weighted by Gasteiger charge is -2.21. The number of hydrogen-bond acceptors (Lipinski definition) is 15. The van der Waals surface area contributed by atoms with Crippen LogP contribution < -0.4 is 0 Å². The first kappa shape index (κ1) is 85.1. The molecule has 0 fully saturated rings. The van der Waals surface area contributed by atoms with Gasteiger partial charge in [0.15, 0.2) is 12.2 Å². The van der Waals surface area contributed by atoms with Crippen LogP contribution in [0.4, 0.5) is 0 Å². The first-order chi connectivity index (χ1) is 41.6. The van der Waals surface area contributed by atoms with Crippen molar-refractivity contribution in [3.05, 3.63) is 0 Å². The van der Waals surface area contributed by atoms with Gasteiger partial charge in [0.2, 0.25) is 0 Å². The number of unbranched alkanes of at least 4 members (excludes halogenated alkanes) is 30. The van der Waals surface area contributed by atoms with Gasteiger partial charge in [-0.25, -0.2) is 9.13 Å². The largest absolute Gasteiger partial charge is 0.472 e. The van der Waals surface area contributed by atoms with Crippen molar-refractivity contribution in [1.82, 2.24) is 0 Å². The summed E-state index contributed by atoms with van der Waals surface area (Å²) in [5.41, 5.74) is 0. The van der Waals surface area contributed by atoms with Crippen LogP contribution in [-0.2, 0) is 65.4 Å².